The predicted octanol–water partition coefficient (Wildman–Crippen LogP) is 2.41. The predicted molar refractivity (Wildman–Crippen MR) is 59.0 cm³/mol. The van der Waals surface area contributed by atoms with Gasteiger partial charge in [0.05, 0.1) is 5.52 Å². The Morgan fingerprint density at radius 2 is 2.07 bits per heavy atom. The molecular formula is C12H13NO2. The minimum Gasteiger partial charge on any atom is -0.427 e. The van der Waals surface area contributed by atoms with Crippen molar-refractivity contribution in [1.29, 1.82) is 0 Å². The van der Waals surface area contributed by atoms with Crippen LogP contribution in [-0.4, -0.2) is 10.5 Å². The van der Waals surface area contributed by atoms with Crippen LogP contribution in [0.3, 0.4) is 0 Å². The van der Waals surface area contributed by atoms with E-state index >= 15 is 0 Å². The number of ether oxygens (including phenoxy) is 1. The lowest BCUT2D eigenvalue weighted by molar-refractivity contribution is -0.131. The first-order valence-electron chi connectivity index (χ1n) is 4.82. The Morgan fingerprint density at radius 3 is 2.73 bits per heavy atom. The number of carbonyl (C=O) groups is 1. The summed E-state index contributed by atoms with van der Waals surface area (Å²) in [6, 6.07) is 7.75. The Hall–Kier alpha value is -1.77. The molecule has 0 aliphatic rings. The van der Waals surface area contributed by atoms with E-state index in [1.807, 2.05) is 32.2 Å². The van der Waals surface area contributed by atoms with Crippen LogP contribution in [-0.2, 0) is 11.8 Å². The molecule has 0 radical (unpaired) electrons. The zero-order valence-corrected chi connectivity index (χ0v) is 9.07. The Balaban J connectivity index is 2.54. The number of aromatic nitrogens is 1. The number of hydrogen-bond donors (Lipinski definition) is 0. The molecule has 3 nitrogen and oxygen atoms in total. The molecule has 0 fully saturated rings. The molecule has 78 valence electrons. The summed E-state index contributed by atoms with van der Waals surface area (Å²) in [6.07, 6.45) is 0. The number of carbonyl (C=O) groups excluding carboxylic acids is 1. The Morgan fingerprint density at radius 1 is 1.33 bits per heavy atom. The quantitative estimate of drug-likeness (QED) is 0.526. The SMILES string of the molecule is CC(=O)Oc1ccc2cc(C)n(C)c2c1. The fourth-order valence-corrected chi connectivity index (χ4v) is 1.68. The highest BCUT2D eigenvalue weighted by atomic mass is 16.5. The van der Waals surface area contributed by atoms with E-state index < -0.39 is 0 Å². The van der Waals surface area contributed by atoms with E-state index in [9.17, 15) is 4.79 Å². The van der Waals surface area contributed by atoms with Crippen molar-refractivity contribution >= 4 is 16.9 Å². The molecule has 2 aromatic rings. The highest BCUT2D eigenvalue weighted by Crippen LogP contribution is 2.23. The van der Waals surface area contributed by atoms with E-state index in [4.69, 9.17) is 4.74 Å². The molecule has 2 rings (SSSR count). The second-order valence-electron chi connectivity index (χ2n) is 3.66. The number of esters is 1. The van der Waals surface area contributed by atoms with Gasteiger partial charge in [-0.2, -0.15) is 0 Å². The summed E-state index contributed by atoms with van der Waals surface area (Å²) in [7, 11) is 2.00. The van der Waals surface area contributed by atoms with Gasteiger partial charge in [0.2, 0.25) is 0 Å². The molecule has 0 aliphatic heterocycles. The molecule has 0 aliphatic carbocycles. The van der Waals surface area contributed by atoms with Crippen LogP contribution in [0, 0.1) is 6.92 Å². The highest BCUT2D eigenvalue weighted by Gasteiger charge is 2.04. The first-order chi connectivity index (χ1) is 7.08. The summed E-state index contributed by atoms with van der Waals surface area (Å²) in [5, 5.41) is 1.16. The second kappa shape index (κ2) is 3.42. The lowest BCUT2D eigenvalue weighted by atomic mass is 10.2. The number of aryl methyl sites for hydroxylation is 2. The Labute approximate surface area is 88.3 Å². The summed E-state index contributed by atoms with van der Waals surface area (Å²) >= 11 is 0. The molecule has 0 N–H and O–H groups in total. The molecule has 0 atom stereocenters. The fourth-order valence-electron chi connectivity index (χ4n) is 1.68. The molecule has 0 spiro atoms. The monoisotopic (exact) mass is 203 g/mol. The van der Waals surface area contributed by atoms with Gasteiger partial charge in [0.1, 0.15) is 5.75 Å². The average Bonchev–Trinajstić information content (AvgIpc) is 2.43. The van der Waals surface area contributed by atoms with Crippen molar-refractivity contribution in [2.45, 2.75) is 13.8 Å². The van der Waals surface area contributed by atoms with Gasteiger partial charge in [-0.15, -0.1) is 0 Å². The van der Waals surface area contributed by atoms with Crippen LogP contribution in [0.4, 0.5) is 0 Å². The van der Waals surface area contributed by atoms with Crippen molar-refractivity contribution in [3.63, 3.8) is 0 Å². The molecule has 0 unspecified atom stereocenters. The van der Waals surface area contributed by atoms with Crippen LogP contribution in [0.15, 0.2) is 24.3 Å². The van der Waals surface area contributed by atoms with Gasteiger partial charge in [0.15, 0.2) is 0 Å². The minimum absolute atomic E-state index is 0.291. The van der Waals surface area contributed by atoms with E-state index in [0.29, 0.717) is 5.75 Å². The van der Waals surface area contributed by atoms with E-state index in [1.54, 1.807) is 0 Å². The maximum atomic E-state index is 10.8. The molecule has 0 saturated heterocycles. The molecule has 1 aromatic carbocycles. The molecule has 3 heteroatoms. The molecule has 1 aromatic heterocycles. The summed E-state index contributed by atoms with van der Waals surface area (Å²) in [5.74, 6) is 0.302. The van der Waals surface area contributed by atoms with Gasteiger partial charge in [0.25, 0.3) is 0 Å². The van der Waals surface area contributed by atoms with Crippen molar-refractivity contribution in [1.82, 2.24) is 4.57 Å². The smallest absolute Gasteiger partial charge is 0.308 e. The third kappa shape index (κ3) is 1.73. The maximum Gasteiger partial charge on any atom is 0.308 e. The van der Waals surface area contributed by atoms with E-state index in [0.717, 1.165) is 10.9 Å². The van der Waals surface area contributed by atoms with Crippen molar-refractivity contribution in [2.75, 3.05) is 0 Å². The zero-order valence-electron chi connectivity index (χ0n) is 9.07. The highest BCUT2D eigenvalue weighted by molar-refractivity contribution is 5.83. The molecule has 0 amide bonds. The first kappa shape index (κ1) is 9.77. The maximum absolute atomic E-state index is 10.8. The van der Waals surface area contributed by atoms with Crippen LogP contribution in [0.5, 0.6) is 5.75 Å². The number of rotatable bonds is 1. The van der Waals surface area contributed by atoms with Crippen LogP contribution in [0.25, 0.3) is 10.9 Å². The summed E-state index contributed by atoms with van der Waals surface area (Å²) < 4.78 is 7.11. The zero-order chi connectivity index (χ0) is 11.0. The van der Waals surface area contributed by atoms with Crippen molar-refractivity contribution < 1.29 is 9.53 Å². The van der Waals surface area contributed by atoms with Gasteiger partial charge in [-0.1, -0.05) is 0 Å². The molecule has 0 saturated carbocycles. The minimum atomic E-state index is -0.291. The van der Waals surface area contributed by atoms with Gasteiger partial charge in [-0.25, -0.2) is 0 Å². The van der Waals surface area contributed by atoms with Gasteiger partial charge in [0, 0.05) is 31.1 Å². The van der Waals surface area contributed by atoms with E-state index in [2.05, 4.69) is 10.6 Å². The van der Waals surface area contributed by atoms with Crippen LogP contribution < -0.4 is 4.74 Å². The number of benzene rings is 1. The number of fused-ring (bicyclic) bond motifs is 1. The van der Waals surface area contributed by atoms with Crippen LogP contribution in [0.1, 0.15) is 12.6 Å². The number of nitrogens with zero attached hydrogens (tertiary/aromatic N) is 1. The van der Waals surface area contributed by atoms with E-state index in [1.165, 1.54) is 12.6 Å². The molecular weight excluding hydrogens is 190 g/mol. The molecule has 0 bridgehead atoms. The lowest BCUT2D eigenvalue weighted by Gasteiger charge is -2.02. The van der Waals surface area contributed by atoms with Crippen molar-refractivity contribution in [2.24, 2.45) is 7.05 Å². The van der Waals surface area contributed by atoms with Gasteiger partial charge < -0.3 is 9.30 Å². The van der Waals surface area contributed by atoms with Crippen LogP contribution in [0.2, 0.25) is 0 Å². The summed E-state index contributed by atoms with van der Waals surface area (Å²) in [6.45, 7) is 3.45. The summed E-state index contributed by atoms with van der Waals surface area (Å²) in [5.41, 5.74) is 2.26. The average molecular weight is 203 g/mol. The Kier molecular flexibility index (Phi) is 2.23. The lowest BCUT2D eigenvalue weighted by Crippen LogP contribution is -2.01. The third-order valence-corrected chi connectivity index (χ3v) is 2.52. The molecule has 15 heavy (non-hydrogen) atoms. The number of hydrogen-bond acceptors (Lipinski definition) is 2. The fraction of sp³-hybridized carbons (Fsp3) is 0.250. The third-order valence-electron chi connectivity index (χ3n) is 2.52. The van der Waals surface area contributed by atoms with Gasteiger partial charge in [-0.3, -0.25) is 4.79 Å². The molecule has 1 heterocycles. The van der Waals surface area contributed by atoms with Gasteiger partial charge >= 0.3 is 5.97 Å². The van der Waals surface area contributed by atoms with E-state index in [-0.39, 0.29) is 5.97 Å². The van der Waals surface area contributed by atoms with Gasteiger partial charge in [-0.05, 0) is 25.1 Å². The van der Waals surface area contributed by atoms with Crippen molar-refractivity contribution in [3.8, 4) is 5.75 Å². The largest absolute Gasteiger partial charge is 0.427 e. The topological polar surface area (TPSA) is 31.2 Å². The second-order valence-corrected chi connectivity index (χ2v) is 3.66. The standard InChI is InChI=1S/C12H13NO2/c1-8-6-10-4-5-11(15-9(2)14)7-12(10)13(8)3/h4-7H,1-3H3. The Bertz CT molecular complexity index is 526. The normalized spacial score (nSPS) is 10.6. The first-order valence-corrected chi connectivity index (χ1v) is 4.82. The summed E-state index contributed by atoms with van der Waals surface area (Å²) in [4.78, 5) is 10.8. The van der Waals surface area contributed by atoms with Crippen molar-refractivity contribution in [3.05, 3.63) is 30.0 Å². The van der Waals surface area contributed by atoms with Crippen LogP contribution >= 0.6 is 0 Å².